The van der Waals surface area contributed by atoms with Gasteiger partial charge in [0, 0.05) is 6.54 Å². The zero-order valence-electron chi connectivity index (χ0n) is 7.02. The predicted molar refractivity (Wildman–Crippen MR) is 48.0 cm³/mol. The molecule has 1 saturated heterocycles. The minimum atomic E-state index is -0.462. The van der Waals surface area contributed by atoms with Crippen LogP contribution in [0.15, 0.2) is 0 Å². The zero-order chi connectivity index (χ0) is 7.61. The lowest BCUT2D eigenvalue weighted by atomic mass is 10.5. The van der Waals surface area contributed by atoms with Crippen molar-refractivity contribution in [3.05, 3.63) is 0 Å². The van der Waals surface area contributed by atoms with Crippen LogP contribution < -0.4 is 5.32 Å². The van der Waals surface area contributed by atoms with Gasteiger partial charge in [-0.3, -0.25) is 0 Å². The van der Waals surface area contributed by atoms with Crippen molar-refractivity contribution in [1.29, 1.82) is 0 Å². The van der Waals surface area contributed by atoms with Gasteiger partial charge in [-0.15, -0.1) is 0 Å². The van der Waals surface area contributed by atoms with Gasteiger partial charge < -0.3 is 10.1 Å². The highest BCUT2D eigenvalue weighted by Gasteiger charge is 2.21. The molecule has 0 saturated carbocycles. The lowest BCUT2D eigenvalue weighted by Gasteiger charge is -2.38. The van der Waals surface area contributed by atoms with Crippen molar-refractivity contribution in [2.24, 2.45) is 0 Å². The number of hydrogen-bond donors (Lipinski definition) is 1. The average molecular weight is 163 g/mol. The Hall–Kier alpha value is 0.270. The summed E-state index contributed by atoms with van der Waals surface area (Å²) < 4.78 is 5.37. The van der Waals surface area contributed by atoms with Crippen LogP contribution in [0.4, 0.5) is 0 Å². The second-order valence-corrected chi connectivity index (χ2v) is 7.88. The van der Waals surface area contributed by atoms with Gasteiger partial charge in [0.05, 0.1) is 18.6 Å². The second-order valence-electron chi connectivity index (χ2n) is 3.45. The van der Waals surface area contributed by atoms with Crippen LogP contribution >= 0.6 is 10.0 Å². The van der Waals surface area contributed by atoms with Crippen molar-refractivity contribution in [1.82, 2.24) is 5.32 Å². The molecule has 0 amide bonds. The van der Waals surface area contributed by atoms with Crippen LogP contribution in [0.1, 0.15) is 0 Å². The average Bonchev–Trinajstić information content (AvgIpc) is 1.88. The SMILES string of the molecule is CS(C)(C)C1COCCN1. The van der Waals surface area contributed by atoms with Crippen molar-refractivity contribution < 1.29 is 4.74 Å². The highest BCUT2D eigenvalue weighted by molar-refractivity contribution is 8.32. The largest absolute Gasteiger partial charge is 0.378 e. The van der Waals surface area contributed by atoms with Gasteiger partial charge in [0.25, 0.3) is 0 Å². The molecule has 10 heavy (non-hydrogen) atoms. The summed E-state index contributed by atoms with van der Waals surface area (Å²) in [6, 6.07) is 0. The fraction of sp³-hybridized carbons (Fsp3) is 1.00. The minimum absolute atomic E-state index is 0.462. The van der Waals surface area contributed by atoms with Crippen molar-refractivity contribution in [2.75, 3.05) is 38.5 Å². The number of ether oxygens (including phenoxy) is 1. The molecule has 0 aromatic heterocycles. The van der Waals surface area contributed by atoms with Gasteiger partial charge in [0.15, 0.2) is 0 Å². The van der Waals surface area contributed by atoms with Crippen molar-refractivity contribution in [2.45, 2.75) is 5.37 Å². The van der Waals surface area contributed by atoms with E-state index in [2.05, 4.69) is 24.1 Å². The van der Waals surface area contributed by atoms with E-state index in [1.807, 2.05) is 0 Å². The van der Waals surface area contributed by atoms with Crippen LogP contribution in [0.25, 0.3) is 0 Å². The molecular formula is C7H17NOS. The predicted octanol–water partition coefficient (Wildman–Crippen LogP) is 0.626. The monoisotopic (exact) mass is 163 g/mol. The van der Waals surface area contributed by atoms with Gasteiger partial charge in [-0.1, -0.05) is 0 Å². The molecule has 1 atom stereocenters. The maximum Gasteiger partial charge on any atom is 0.0699 e. The molecule has 0 bridgehead atoms. The van der Waals surface area contributed by atoms with E-state index in [0.717, 1.165) is 19.8 Å². The Morgan fingerprint density at radius 1 is 1.40 bits per heavy atom. The summed E-state index contributed by atoms with van der Waals surface area (Å²) in [7, 11) is -0.462. The van der Waals surface area contributed by atoms with Crippen LogP contribution in [0.2, 0.25) is 0 Å². The smallest absolute Gasteiger partial charge is 0.0699 e. The molecule has 1 fully saturated rings. The van der Waals surface area contributed by atoms with E-state index in [1.54, 1.807) is 0 Å². The third-order valence-corrected chi connectivity index (χ3v) is 3.75. The van der Waals surface area contributed by atoms with Crippen LogP contribution in [0.3, 0.4) is 0 Å². The standard InChI is InChI=1S/C7H17NOS/c1-10(2,3)7-6-9-5-4-8-7/h7-8H,4-6H2,1-3H3. The Balaban J connectivity index is 2.39. The number of morpholine rings is 1. The Kier molecular flexibility index (Phi) is 2.61. The third kappa shape index (κ3) is 2.15. The van der Waals surface area contributed by atoms with Gasteiger partial charge in [0.1, 0.15) is 0 Å². The van der Waals surface area contributed by atoms with E-state index in [0.29, 0.717) is 5.37 Å². The van der Waals surface area contributed by atoms with E-state index >= 15 is 0 Å². The molecule has 2 nitrogen and oxygen atoms in total. The summed E-state index contributed by atoms with van der Waals surface area (Å²) in [4.78, 5) is 0. The van der Waals surface area contributed by atoms with E-state index in [-0.39, 0.29) is 0 Å². The van der Waals surface area contributed by atoms with Crippen LogP contribution in [-0.4, -0.2) is 43.9 Å². The fourth-order valence-corrected chi connectivity index (χ4v) is 2.12. The van der Waals surface area contributed by atoms with Crippen molar-refractivity contribution in [3.8, 4) is 0 Å². The maximum absolute atomic E-state index is 5.37. The van der Waals surface area contributed by atoms with E-state index in [9.17, 15) is 0 Å². The molecule has 0 spiro atoms. The highest BCUT2D eigenvalue weighted by atomic mass is 32.3. The molecule has 1 unspecified atom stereocenters. The molecule has 1 heterocycles. The number of rotatable bonds is 1. The molecule has 0 aliphatic carbocycles. The van der Waals surface area contributed by atoms with Crippen LogP contribution in [0.5, 0.6) is 0 Å². The molecule has 1 aliphatic heterocycles. The third-order valence-electron chi connectivity index (χ3n) is 1.74. The minimum Gasteiger partial charge on any atom is -0.378 e. The van der Waals surface area contributed by atoms with Crippen molar-refractivity contribution >= 4 is 10.0 Å². The molecule has 1 N–H and O–H groups in total. The molecule has 0 aromatic carbocycles. The quantitative estimate of drug-likeness (QED) is 0.612. The van der Waals surface area contributed by atoms with E-state index < -0.39 is 10.0 Å². The van der Waals surface area contributed by atoms with E-state index in [4.69, 9.17) is 4.74 Å². The van der Waals surface area contributed by atoms with Gasteiger partial charge in [0.2, 0.25) is 0 Å². The molecule has 3 heteroatoms. The maximum atomic E-state index is 5.37. The second kappa shape index (κ2) is 3.11. The number of nitrogens with one attached hydrogen (secondary N) is 1. The first-order chi connectivity index (χ1) is 4.61. The van der Waals surface area contributed by atoms with Crippen LogP contribution in [0, 0.1) is 0 Å². The molecule has 1 rings (SSSR count). The Morgan fingerprint density at radius 3 is 2.40 bits per heavy atom. The topological polar surface area (TPSA) is 21.3 Å². The van der Waals surface area contributed by atoms with Crippen LogP contribution in [-0.2, 0) is 4.74 Å². The lowest BCUT2D eigenvalue weighted by molar-refractivity contribution is 0.0995. The molecule has 0 aromatic rings. The number of hydrogen-bond acceptors (Lipinski definition) is 2. The first-order valence-corrected chi connectivity index (χ1v) is 6.51. The summed E-state index contributed by atoms with van der Waals surface area (Å²) in [6.45, 7) is 2.81. The molecule has 62 valence electrons. The summed E-state index contributed by atoms with van der Waals surface area (Å²) in [5, 5.41) is 4.08. The summed E-state index contributed by atoms with van der Waals surface area (Å²) in [6.07, 6.45) is 6.96. The lowest BCUT2D eigenvalue weighted by Crippen LogP contribution is -2.43. The van der Waals surface area contributed by atoms with Gasteiger partial charge in [-0.25, -0.2) is 10.0 Å². The molecular weight excluding hydrogens is 146 g/mol. The normalized spacial score (nSPS) is 30.1. The van der Waals surface area contributed by atoms with E-state index in [1.165, 1.54) is 0 Å². The van der Waals surface area contributed by atoms with Crippen molar-refractivity contribution in [3.63, 3.8) is 0 Å². The summed E-state index contributed by atoms with van der Waals surface area (Å²) in [5.41, 5.74) is 0. The van der Waals surface area contributed by atoms with Gasteiger partial charge >= 0.3 is 0 Å². The zero-order valence-corrected chi connectivity index (χ0v) is 7.83. The highest BCUT2D eigenvalue weighted by Crippen LogP contribution is 2.39. The Morgan fingerprint density at radius 2 is 2.10 bits per heavy atom. The summed E-state index contributed by atoms with van der Waals surface area (Å²) >= 11 is 0. The fourth-order valence-electron chi connectivity index (χ4n) is 0.996. The summed E-state index contributed by atoms with van der Waals surface area (Å²) in [5.74, 6) is 0. The first-order valence-electron chi connectivity index (χ1n) is 3.59. The van der Waals surface area contributed by atoms with Gasteiger partial charge in [-0.05, 0) is 18.8 Å². The van der Waals surface area contributed by atoms with Gasteiger partial charge in [-0.2, -0.15) is 0 Å². The first kappa shape index (κ1) is 8.37. The molecule has 1 aliphatic rings. The Labute approximate surface area is 64.6 Å². The molecule has 0 radical (unpaired) electrons. The Bertz CT molecular complexity index is 105.